The molecule has 2 aliphatic rings. The summed E-state index contributed by atoms with van der Waals surface area (Å²) in [4.78, 5) is 38.2. The molecule has 1 saturated heterocycles. The van der Waals surface area contributed by atoms with E-state index in [1.54, 1.807) is 30.1 Å². The summed E-state index contributed by atoms with van der Waals surface area (Å²) in [6.07, 6.45) is 1.68. The molecule has 25 heavy (non-hydrogen) atoms. The van der Waals surface area contributed by atoms with Gasteiger partial charge in [0.2, 0.25) is 11.8 Å². The Morgan fingerprint density at radius 1 is 1.16 bits per heavy atom. The van der Waals surface area contributed by atoms with Crippen LogP contribution in [0.3, 0.4) is 0 Å². The van der Waals surface area contributed by atoms with E-state index in [4.69, 9.17) is 9.47 Å². The van der Waals surface area contributed by atoms with E-state index >= 15 is 0 Å². The van der Waals surface area contributed by atoms with Crippen molar-refractivity contribution in [1.82, 2.24) is 10.2 Å². The maximum Gasteiger partial charge on any atom is 0.242 e. The first kappa shape index (κ1) is 17.3. The number of carbonyl (C=O) groups excluding carboxylic acids is 3. The molecule has 0 unspecified atom stereocenters. The van der Waals surface area contributed by atoms with Gasteiger partial charge in [-0.1, -0.05) is 0 Å². The molecular formula is C18H22N2O5. The second-order valence-electron chi connectivity index (χ2n) is 6.14. The highest BCUT2D eigenvalue weighted by Crippen LogP contribution is 2.31. The molecule has 7 nitrogen and oxygen atoms in total. The average Bonchev–Trinajstić information content (AvgIpc) is 3.14. The molecule has 1 N–H and O–H groups in total. The molecule has 2 aliphatic heterocycles. The van der Waals surface area contributed by atoms with Crippen molar-refractivity contribution in [2.75, 3.05) is 26.8 Å². The number of ether oxygens (including phenoxy) is 2. The summed E-state index contributed by atoms with van der Waals surface area (Å²) in [7, 11) is 1.56. The van der Waals surface area contributed by atoms with Crippen molar-refractivity contribution in [2.24, 2.45) is 0 Å². The standard InChI is InChI=1S/C18H22N2O5/c1-19-18(23)13-3-2-8-20(13)17(22)7-5-14(21)12-4-6-15-16(11-12)25-10-9-24-15/h4,6,11,13H,2-3,5,7-10H2,1H3,(H,19,23)/t13-/m1/s1. The number of likely N-dealkylation sites (N-methyl/N-ethyl adjacent to an activating group) is 1. The molecular weight excluding hydrogens is 324 g/mol. The van der Waals surface area contributed by atoms with Crippen LogP contribution in [0.2, 0.25) is 0 Å². The zero-order chi connectivity index (χ0) is 17.8. The molecule has 0 aromatic heterocycles. The summed E-state index contributed by atoms with van der Waals surface area (Å²) in [5, 5.41) is 2.59. The number of Topliss-reactive ketones (excluding diaryl/α,β-unsaturated/α-hetero) is 1. The van der Waals surface area contributed by atoms with Crippen LogP contribution in [0, 0.1) is 0 Å². The molecule has 1 atom stereocenters. The maximum atomic E-state index is 12.4. The minimum Gasteiger partial charge on any atom is -0.486 e. The third-order valence-electron chi connectivity index (χ3n) is 4.55. The fourth-order valence-electron chi connectivity index (χ4n) is 3.23. The van der Waals surface area contributed by atoms with E-state index in [2.05, 4.69) is 5.32 Å². The van der Waals surface area contributed by atoms with Crippen LogP contribution >= 0.6 is 0 Å². The van der Waals surface area contributed by atoms with Gasteiger partial charge in [0, 0.05) is 32.0 Å². The molecule has 0 bridgehead atoms. The van der Waals surface area contributed by atoms with E-state index in [1.165, 1.54) is 0 Å². The van der Waals surface area contributed by atoms with Gasteiger partial charge in [0.15, 0.2) is 17.3 Å². The highest BCUT2D eigenvalue weighted by molar-refractivity contribution is 5.99. The summed E-state index contributed by atoms with van der Waals surface area (Å²) in [5.41, 5.74) is 0.501. The largest absolute Gasteiger partial charge is 0.486 e. The Balaban J connectivity index is 1.58. The van der Waals surface area contributed by atoms with E-state index in [1.807, 2.05) is 0 Å². The molecule has 3 rings (SSSR count). The van der Waals surface area contributed by atoms with Gasteiger partial charge in [0.05, 0.1) is 0 Å². The smallest absolute Gasteiger partial charge is 0.242 e. The maximum absolute atomic E-state index is 12.4. The lowest BCUT2D eigenvalue weighted by atomic mass is 10.0. The van der Waals surface area contributed by atoms with Crippen molar-refractivity contribution in [3.63, 3.8) is 0 Å². The quantitative estimate of drug-likeness (QED) is 0.809. The first-order valence-corrected chi connectivity index (χ1v) is 8.54. The van der Waals surface area contributed by atoms with Gasteiger partial charge in [-0.25, -0.2) is 0 Å². The molecule has 2 heterocycles. The number of benzene rings is 1. The second kappa shape index (κ2) is 7.55. The van der Waals surface area contributed by atoms with Gasteiger partial charge in [-0.05, 0) is 31.0 Å². The van der Waals surface area contributed by atoms with Gasteiger partial charge in [-0.3, -0.25) is 14.4 Å². The molecule has 1 fully saturated rings. The lowest BCUT2D eigenvalue weighted by molar-refractivity contribution is -0.138. The Hall–Kier alpha value is -2.57. The van der Waals surface area contributed by atoms with Crippen molar-refractivity contribution in [1.29, 1.82) is 0 Å². The number of likely N-dealkylation sites (tertiary alicyclic amines) is 1. The predicted octanol–water partition coefficient (Wildman–Crippen LogP) is 1.16. The lowest BCUT2D eigenvalue weighted by Crippen LogP contribution is -2.44. The Bertz CT molecular complexity index is 688. The fraction of sp³-hybridized carbons (Fsp3) is 0.500. The van der Waals surface area contributed by atoms with Gasteiger partial charge < -0.3 is 19.7 Å². The second-order valence-corrected chi connectivity index (χ2v) is 6.14. The highest BCUT2D eigenvalue weighted by Gasteiger charge is 2.33. The van der Waals surface area contributed by atoms with Crippen molar-refractivity contribution < 1.29 is 23.9 Å². The van der Waals surface area contributed by atoms with Crippen LogP contribution in [-0.4, -0.2) is 55.3 Å². The molecule has 0 radical (unpaired) electrons. The molecule has 1 aromatic carbocycles. The number of nitrogens with one attached hydrogen (secondary N) is 1. The Morgan fingerprint density at radius 2 is 1.92 bits per heavy atom. The molecule has 0 spiro atoms. The topological polar surface area (TPSA) is 84.9 Å². The molecule has 0 saturated carbocycles. The zero-order valence-electron chi connectivity index (χ0n) is 14.2. The molecule has 2 amide bonds. The van der Waals surface area contributed by atoms with E-state index in [9.17, 15) is 14.4 Å². The Kier molecular flexibility index (Phi) is 5.21. The summed E-state index contributed by atoms with van der Waals surface area (Å²) in [6.45, 7) is 1.52. The Morgan fingerprint density at radius 3 is 2.68 bits per heavy atom. The molecule has 0 aliphatic carbocycles. The number of ketones is 1. The van der Waals surface area contributed by atoms with E-state index in [0.717, 1.165) is 6.42 Å². The summed E-state index contributed by atoms with van der Waals surface area (Å²) < 4.78 is 10.9. The van der Waals surface area contributed by atoms with Crippen LogP contribution < -0.4 is 14.8 Å². The van der Waals surface area contributed by atoms with E-state index in [0.29, 0.717) is 43.2 Å². The third-order valence-corrected chi connectivity index (χ3v) is 4.55. The van der Waals surface area contributed by atoms with Gasteiger partial charge in [0.1, 0.15) is 19.3 Å². The third kappa shape index (κ3) is 3.75. The molecule has 7 heteroatoms. The minimum atomic E-state index is -0.415. The molecule has 1 aromatic rings. The van der Waals surface area contributed by atoms with Crippen LogP contribution in [-0.2, 0) is 9.59 Å². The van der Waals surface area contributed by atoms with Gasteiger partial charge in [-0.15, -0.1) is 0 Å². The number of hydrogen-bond acceptors (Lipinski definition) is 5. The van der Waals surface area contributed by atoms with Crippen molar-refractivity contribution >= 4 is 17.6 Å². The van der Waals surface area contributed by atoms with Crippen LogP contribution in [0.15, 0.2) is 18.2 Å². The number of amides is 2. The van der Waals surface area contributed by atoms with Crippen molar-refractivity contribution in [3.05, 3.63) is 23.8 Å². The highest BCUT2D eigenvalue weighted by atomic mass is 16.6. The molecule has 134 valence electrons. The number of hydrogen-bond donors (Lipinski definition) is 1. The average molecular weight is 346 g/mol. The van der Waals surface area contributed by atoms with Crippen molar-refractivity contribution in [2.45, 2.75) is 31.7 Å². The van der Waals surface area contributed by atoms with Crippen molar-refractivity contribution in [3.8, 4) is 11.5 Å². The SMILES string of the molecule is CNC(=O)[C@H]1CCCN1C(=O)CCC(=O)c1ccc2c(c1)OCCO2. The first-order chi connectivity index (χ1) is 12.1. The summed E-state index contributed by atoms with van der Waals surface area (Å²) in [5.74, 6) is 0.758. The summed E-state index contributed by atoms with van der Waals surface area (Å²) >= 11 is 0. The number of nitrogens with zero attached hydrogens (tertiary/aromatic N) is 1. The van der Waals surface area contributed by atoms with Gasteiger partial charge in [0.25, 0.3) is 0 Å². The number of rotatable bonds is 5. The minimum absolute atomic E-state index is 0.0980. The predicted molar refractivity (Wildman–Crippen MR) is 89.8 cm³/mol. The van der Waals surface area contributed by atoms with Gasteiger partial charge >= 0.3 is 0 Å². The van der Waals surface area contributed by atoms with E-state index < -0.39 is 6.04 Å². The first-order valence-electron chi connectivity index (χ1n) is 8.54. The van der Waals surface area contributed by atoms with Crippen LogP contribution in [0.25, 0.3) is 0 Å². The lowest BCUT2D eigenvalue weighted by Gasteiger charge is -2.23. The van der Waals surface area contributed by atoms with Crippen LogP contribution in [0.4, 0.5) is 0 Å². The monoisotopic (exact) mass is 346 g/mol. The normalized spacial score (nSPS) is 18.8. The van der Waals surface area contributed by atoms with Crippen LogP contribution in [0.5, 0.6) is 11.5 Å². The van der Waals surface area contributed by atoms with Crippen LogP contribution in [0.1, 0.15) is 36.0 Å². The van der Waals surface area contributed by atoms with E-state index in [-0.39, 0.29) is 30.4 Å². The number of fused-ring (bicyclic) bond motifs is 1. The Labute approximate surface area is 146 Å². The fourth-order valence-corrected chi connectivity index (χ4v) is 3.23. The van der Waals surface area contributed by atoms with Gasteiger partial charge in [-0.2, -0.15) is 0 Å². The summed E-state index contributed by atoms with van der Waals surface area (Å²) in [6, 6.07) is 4.64. The number of carbonyl (C=O) groups is 3. The zero-order valence-corrected chi connectivity index (χ0v) is 14.2.